The quantitative estimate of drug-likeness (QED) is 0.823. The molecule has 0 bridgehead atoms. The van der Waals surface area contributed by atoms with E-state index >= 15 is 0 Å². The lowest BCUT2D eigenvalue weighted by Crippen LogP contribution is -2.05. The highest BCUT2D eigenvalue weighted by Crippen LogP contribution is 2.23. The van der Waals surface area contributed by atoms with E-state index in [0.717, 1.165) is 18.2 Å². The van der Waals surface area contributed by atoms with Gasteiger partial charge in [-0.3, -0.25) is 0 Å². The van der Waals surface area contributed by atoms with Crippen molar-refractivity contribution in [1.29, 1.82) is 0 Å². The zero-order valence-electron chi connectivity index (χ0n) is 10.6. The summed E-state index contributed by atoms with van der Waals surface area (Å²) in [5, 5.41) is 11.8. The van der Waals surface area contributed by atoms with E-state index in [1.54, 1.807) is 0 Å². The number of nitrogens with one attached hydrogen (secondary N) is 1. The summed E-state index contributed by atoms with van der Waals surface area (Å²) in [6.07, 6.45) is 0. The fraction of sp³-hybridized carbons (Fsp3) is 0.143. The minimum Gasteiger partial charge on any atom is -0.505 e. The van der Waals surface area contributed by atoms with Crippen molar-refractivity contribution in [1.82, 2.24) is 0 Å². The van der Waals surface area contributed by atoms with Crippen LogP contribution in [0, 0.1) is 11.6 Å². The van der Waals surface area contributed by atoms with Crippen LogP contribution in [0.25, 0.3) is 0 Å². The van der Waals surface area contributed by atoms with Crippen molar-refractivity contribution in [2.45, 2.75) is 13.2 Å². The molecule has 0 aliphatic rings. The zero-order valence-corrected chi connectivity index (χ0v) is 10.6. The second-order valence-corrected chi connectivity index (χ2v) is 4.16. The van der Waals surface area contributed by atoms with E-state index < -0.39 is 29.7 Å². The SMILES string of the molecule is Oc1ccc(CNc2ccc(OC(F)F)c(F)c2)cc1F. The number of alkyl halides is 2. The number of phenolic OH excluding ortho intramolecular Hbond substituents is 1. The molecule has 21 heavy (non-hydrogen) atoms. The largest absolute Gasteiger partial charge is 0.505 e. The molecule has 7 heteroatoms. The summed E-state index contributed by atoms with van der Waals surface area (Å²) in [5.74, 6) is -2.71. The number of halogens is 4. The molecule has 3 nitrogen and oxygen atoms in total. The summed E-state index contributed by atoms with van der Waals surface area (Å²) in [5.41, 5.74) is 0.848. The fourth-order valence-electron chi connectivity index (χ4n) is 1.67. The van der Waals surface area contributed by atoms with Crippen molar-refractivity contribution in [3.8, 4) is 11.5 Å². The third-order valence-corrected chi connectivity index (χ3v) is 2.66. The number of anilines is 1. The van der Waals surface area contributed by atoms with Gasteiger partial charge in [0.25, 0.3) is 0 Å². The Kier molecular flexibility index (Phi) is 4.52. The van der Waals surface area contributed by atoms with E-state index in [4.69, 9.17) is 5.11 Å². The third kappa shape index (κ3) is 4.01. The summed E-state index contributed by atoms with van der Waals surface area (Å²) < 4.78 is 54.5. The average molecular weight is 301 g/mol. The molecule has 0 aromatic heterocycles. The number of benzene rings is 2. The predicted molar refractivity (Wildman–Crippen MR) is 68.4 cm³/mol. The molecule has 2 rings (SSSR count). The van der Waals surface area contributed by atoms with Gasteiger partial charge in [-0.15, -0.1) is 0 Å². The first kappa shape index (κ1) is 15.0. The second-order valence-electron chi connectivity index (χ2n) is 4.16. The molecule has 0 saturated carbocycles. The molecule has 0 aliphatic carbocycles. The van der Waals surface area contributed by atoms with Crippen LogP contribution in [0.3, 0.4) is 0 Å². The Balaban J connectivity index is 2.03. The topological polar surface area (TPSA) is 41.5 Å². The molecule has 0 unspecified atom stereocenters. The molecule has 112 valence electrons. The van der Waals surface area contributed by atoms with Gasteiger partial charge in [0, 0.05) is 18.3 Å². The summed E-state index contributed by atoms with van der Waals surface area (Å²) in [4.78, 5) is 0. The molecule has 0 saturated heterocycles. The number of phenols is 1. The molecule has 0 aliphatic heterocycles. The van der Waals surface area contributed by atoms with Crippen LogP contribution in [0.5, 0.6) is 11.5 Å². The molecule has 0 spiro atoms. The Morgan fingerprint density at radius 1 is 1.05 bits per heavy atom. The lowest BCUT2D eigenvalue weighted by Gasteiger charge is -2.10. The first-order chi connectivity index (χ1) is 9.95. The third-order valence-electron chi connectivity index (χ3n) is 2.66. The van der Waals surface area contributed by atoms with E-state index in [1.165, 1.54) is 18.2 Å². The molecule has 2 aromatic rings. The lowest BCUT2D eigenvalue weighted by molar-refractivity contribution is -0.0521. The highest BCUT2D eigenvalue weighted by molar-refractivity contribution is 5.48. The van der Waals surface area contributed by atoms with E-state index in [1.807, 2.05) is 0 Å². The standard InChI is InChI=1S/C14H11F4NO2/c15-10-5-8(1-3-12(10)20)7-19-9-2-4-13(11(16)6-9)21-14(17)18/h1-6,14,19-20H,7H2. The predicted octanol–water partition coefficient (Wildman–Crippen LogP) is 3.88. The van der Waals surface area contributed by atoms with Gasteiger partial charge in [-0.1, -0.05) is 6.07 Å². The molecule has 0 heterocycles. The van der Waals surface area contributed by atoms with Gasteiger partial charge in [-0.05, 0) is 29.8 Å². The highest BCUT2D eigenvalue weighted by atomic mass is 19.3. The summed E-state index contributed by atoms with van der Waals surface area (Å²) in [6.45, 7) is -2.93. The van der Waals surface area contributed by atoms with E-state index in [2.05, 4.69) is 10.1 Å². The monoisotopic (exact) mass is 301 g/mol. The van der Waals surface area contributed by atoms with Crippen LogP contribution in [0.2, 0.25) is 0 Å². The molecule has 0 fully saturated rings. The number of hydrogen-bond acceptors (Lipinski definition) is 3. The fourth-order valence-corrected chi connectivity index (χ4v) is 1.67. The van der Waals surface area contributed by atoms with Crippen molar-refractivity contribution >= 4 is 5.69 Å². The minimum absolute atomic E-state index is 0.172. The normalized spacial score (nSPS) is 10.7. The molecule has 2 aromatic carbocycles. The van der Waals surface area contributed by atoms with Gasteiger partial charge < -0.3 is 15.2 Å². The number of ether oxygens (including phenoxy) is 1. The van der Waals surface area contributed by atoms with Crippen LogP contribution in [0.15, 0.2) is 36.4 Å². The van der Waals surface area contributed by atoms with Crippen molar-refractivity contribution < 1.29 is 27.4 Å². The molecule has 2 N–H and O–H groups in total. The Hall–Kier alpha value is -2.44. The summed E-state index contributed by atoms with van der Waals surface area (Å²) in [6, 6.07) is 7.25. The lowest BCUT2D eigenvalue weighted by atomic mass is 10.2. The van der Waals surface area contributed by atoms with Gasteiger partial charge >= 0.3 is 6.61 Å². The van der Waals surface area contributed by atoms with Crippen LogP contribution in [-0.4, -0.2) is 11.7 Å². The average Bonchev–Trinajstić information content (AvgIpc) is 2.42. The van der Waals surface area contributed by atoms with Crippen LogP contribution >= 0.6 is 0 Å². The zero-order chi connectivity index (χ0) is 15.4. The Labute approximate surface area is 117 Å². The molecule has 0 atom stereocenters. The van der Waals surface area contributed by atoms with Crippen molar-refractivity contribution in [2.75, 3.05) is 5.32 Å². The van der Waals surface area contributed by atoms with E-state index in [-0.39, 0.29) is 6.54 Å². The maximum absolute atomic E-state index is 13.5. The Bertz CT molecular complexity index is 634. The maximum atomic E-state index is 13.5. The Morgan fingerprint density at radius 3 is 2.43 bits per heavy atom. The van der Waals surface area contributed by atoms with Gasteiger partial charge in [0.15, 0.2) is 23.1 Å². The van der Waals surface area contributed by atoms with Crippen molar-refractivity contribution in [3.63, 3.8) is 0 Å². The first-order valence-electron chi connectivity index (χ1n) is 5.91. The molecular formula is C14H11F4NO2. The van der Waals surface area contributed by atoms with Gasteiger partial charge in [0.1, 0.15) is 0 Å². The second kappa shape index (κ2) is 6.34. The van der Waals surface area contributed by atoms with Crippen LogP contribution in [0.1, 0.15) is 5.56 Å². The van der Waals surface area contributed by atoms with Gasteiger partial charge in [0.2, 0.25) is 0 Å². The number of aromatic hydroxyl groups is 1. The van der Waals surface area contributed by atoms with Crippen molar-refractivity contribution in [3.05, 3.63) is 53.6 Å². The number of rotatable bonds is 5. The smallest absolute Gasteiger partial charge is 0.387 e. The van der Waals surface area contributed by atoms with Gasteiger partial charge in [-0.2, -0.15) is 8.78 Å². The summed E-state index contributed by atoms with van der Waals surface area (Å²) in [7, 11) is 0. The molecule has 0 radical (unpaired) electrons. The minimum atomic E-state index is -3.10. The van der Waals surface area contributed by atoms with Crippen molar-refractivity contribution in [2.24, 2.45) is 0 Å². The van der Waals surface area contributed by atoms with Crippen LogP contribution in [-0.2, 0) is 6.54 Å². The highest BCUT2D eigenvalue weighted by Gasteiger charge is 2.10. The Morgan fingerprint density at radius 2 is 1.81 bits per heavy atom. The van der Waals surface area contributed by atoms with E-state index in [9.17, 15) is 17.6 Å². The van der Waals surface area contributed by atoms with E-state index in [0.29, 0.717) is 11.3 Å². The number of hydrogen-bond donors (Lipinski definition) is 2. The van der Waals surface area contributed by atoms with Gasteiger partial charge in [-0.25, -0.2) is 8.78 Å². The van der Waals surface area contributed by atoms with Crippen LogP contribution in [0.4, 0.5) is 23.2 Å². The molecule has 0 amide bonds. The first-order valence-corrected chi connectivity index (χ1v) is 5.91. The summed E-state index contributed by atoms with van der Waals surface area (Å²) >= 11 is 0. The van der Waals surface area contributed by atoms with Gasteiger partial charge in [0.05, 0.1) is 0 Å². The molecular weight excluding hydrogens is 290 g/mol. The van der Waals surface area contributed by atoms with Crippen LogP contribution < -0.4 is 10.1 Å². The maximum Gasteiger partial charge on any atom is 0.387 e.